The van der Waals surface area contributed by atoms with E-state index in [-0.39, 0.29) is 18.4 Å². The van der Waals surface area contributed by atoms with Gasteiger partial charge in [-0.2, -0.15) is 26.3 Å². The summed E-state index contributed by atoms with van der Waals surface area (Å²) in [6, 6.07) is -0.276. The zero-order valence-electron chi connectivity index (χ0n) is 8.76. The standard InChI is InChI=1S/C10H4F6O3/c11-9(12,13)5-1-4(3-17)7(8(18)19)6(2-5)10(14,15)16/h1-3H,(H,18,19). The Morgan fingerprint density at radius 3 is 1.89 bits per heavy atom. The summed E-state index contributed by atoms with van der Waals surface area (Å²) in [4.78, 5) is 21.2. The van der Waals surface area contributed by atoms with Crippen molar-refractivity contribution in [2.75, 3.05) is 0 Å². The average Bonchev–Trinajstić information content (AvgIpc) is 2.24. The highest BCUT2D eigenvalue weighted by molar-refractivity contribution is 5.99. The predicted octanol–water partition coefficient (Wildman–Crippen LogP) is 3.23. The molecule has 1 aromatic rings. The third kappa shape index (κ3) is 3.04. The Balaban J connectivity index is 3.75. The molecule has 0 atom stereocenters. The molecule has 0 spiro atoms. The molecular weight excluding hydrogens is 282 g/mol. The van der Waals surface area contributed by atoms with Gasteiger partial charge in [0.1, 0.15) is 0 Å². The van der Waals surface area contributed by atoms with Crippen LogP contribution < -0.4 is 0 Å². The molecule has 0 amide bonds. The normalized spacial score (nSPS) is 12.3. The van der Waals surface area contributed by atoms with Crippen LogP contribution in [0, 0.1) is 0 Å². The fourth-order valence-corrected chi connectivity index (χ4v) is 1.38. The van der Waals surface area contributed by atoms with Crippen molar-refractivity contribution in [3.8, 4) is 0 Å². The fraction of sp³-hybridized carbons (Fsp3) is 0.200. The summed E-state index contributed by atoms with van der Waals surface area (Å²) in [6.07, 6.45) is -10.8. The Labute approximate surface area is 101 Å². The molecule has 9 heteroatoms. The summed E-state index contributed by atoms with van der Waals surface area (Å²) in [5.41, 5.74) is -6.45. The van der Waals surface area contributed by atoms with E-state index in [0.717, 1.165) is 0 Å². The monoisotopic (exact) mass is 286 g/mol. The molecule has 0 aliphatic carbocycles. The maximum atomic E-state index is 12.5. The molecule has 3 nitrogen and oxygen atoms in total. The largest absolute Gasteiger partial charge is 0.478 e. The van der Waals surface area contributed by atoms with E-state index in [2.05, 4.69) is 0 Å². The number of benzene rings is 1. The first-order valence-electron chi connectivity index (χ1n) is 4.49. The Bertz CT molecular complexity index is 529. The van der Waals surface area contributed by atoms with Gasteiger partial charge in [-0.1, -0.05) is 0 Å². The molecule has 1 aromatic carbocycles. The average molecular weight is 286 g/mol. The molecule has 0 fully saturated rings. The Hall–Kier alpha value is -2.06. The lowest BCUT2D eigenvalue weighted by atomic mass is 9.97. The van der Waals surface area contributed by atoms with Crippen molar-refractivity contribution in [3.05, 3.63) is 34.4 Å². The van der Waals surface area contributed by atoms with Crippen LogP contribution in [0.15, 0.2) is 12.1 Å². The minimum absolute atomic E-state index is 0.0612. The van der Waals surface area contributed by atoms with Gasteiger partial charge in [-0.3, -0.25) is 4.79 Å². The van der Waals surface area contributed by atoms with Crippen LogP contribution in [-0.4, -0.2) is 17.4 Å². The van der Waals surface area contributed by atoms with Crippen LogP contribution in [0.4, 0.5) is 26.3 Å². The van der Waals surface area contributed by atoms with E-state index in [4.69, 9.17) is 5.11 Å². The van der Waals surface area contributed by atoms with Crippen LogP contribution in [-0.2, 0) is 12.4 Å². The first kappa shape index (κ1) is 15.0. The van der Waals surface area contributed by atoms with Gasteiger partial charge in [0, 0.05) is 5.56 Å². The van der Waals surface area contributed by atoms with Crippen LogP contribution >= 0.6 is 0 Å². The third-order valence-electron chi connectivity index (χ3n) is 2.14. The summed E-state index contributed by atoms with van der Waals surface area (Å²) in [5.74, 6) is -2.14. The van der Waals surface area contributed by atoms with Crippen molar-refractivity contribution in [2.45, 2.75) is 12.4 Å². The predicted molar refractivity (Wildman–Crippen MR) is 48.8 cm³/mol. The van der Waals surface area contributed by atoms with Gasteiger partial charge in [0.25, 0.3) is 0 Å². The number of hydrogen-bond donors (Lipinski definition) is 1. The Morgan fingerprint density at radius 2 is 1.58 bits per heavy atom. The summed E-state index contributed by atoms with van der Waals surface area (Å²) in [7, 11) is 0. The minimum Gasteiger partial charge on any atom is -0.478 e. The number of hydrogen-bond acceptors (Lipinski definition) is 2. The van der Waals surface area contributed by atoms with Crippen LogP contribution in [0.3, 0.4) is 0 Å². The second kappa shape index (κ2) is 4.56. The van der Waals surface area contributed by atoms with E-state index < -0.39 is 40.6 Å². The van der Waals surface area contributed by atoms with Crippen LogP contribution in [0.2, 0.25) is 0 Å². The highest BCUT2D eigenvalue weighted by atomic mass is 19.4. The summed E-state index contributed by atoms with van der Waals surface area (Å²) >= 11 is 0. The quantitative estimate of drug-likeness (QED) is 0.670. The number of carboxylic acids is 1. The highest BCUT2D eigenvalue weighted by Gasteiger charge is 2.41. The molecule has 1 rings (SSSR count). The minimum atomic E-state index is -5.33. The zero-order valence-corrected chi connectivity index (χ0v) is 8.76. The first-order valence-corrected chi connectivity index (χ1v) is 4.49. The molecule has 0 unspecified atom stereocenters. The molecule has 0 saturated carbocycles. The van der Waals surface area contributed by atoms with Gasteiger partial charge in [0.05, 0.1) is 16.7 Å². The Morgan fingerprint density at radius 1 is 1.05 bits per heavy atom. The molecule has 0 aliphatic rings. The van der Waals surface area contributed by atoms with Crippen molar-refractivity contribution < 1.29 is 41.0 Å². The topological polar surface area (TPSA) is 54.4 Å². The van der Waals surface area contributed by atoms with E-state index in [0.29, 0.717) is 0 Å². The number of aldehydes is 1. The molecule has 0 bridgehead atoms. The van der Waals surface area contributed by atoms with Gasteiger partial charge in [-0.15, -0.1) is 0 Å². The molecule has 19 heavy (non-hydrogen) atoms. The second-order valence-electron chi connectivity index (χ2n) is 3.41. The van der Waals surface area contributed by atoms with E-state index in [1.807, 2.05) is 0 Å². The van der Waals surface area contributed by atoms with E-state index in [1.54, 1.807) is 0 Å². The summed E-state index contributed by atoms with van der Waals surface area (Å²) in [5, 5.41) is 8.59. The van der Waals surface area contributed by atoms with Crippen molar-refractivity contribution in [1.29, 1.82) is 0 Å². The molecule has 0 aromatic heterocycles. The first-order chi connectivity index (χ1) is 8.48. The van der Waals surface area contributed by atoms with Crippen molar-refractivity contribution in [1.82, 2.24) is 0 Å². The van der Waals surface area contributed by atoms with E-state index >= 15 is 0 Å². The smallest absolute Gasteiger partial charge is 0.417 e. The van der Waals surface area contributed by atoms with Gasteiger partial charge in [0.2, 0.25) is 0 Å². The highest BCUT2D eigenvalue weighted by Crippen LogP contribution is 2.38. The number of rotatable bonds is 2. The molecule has 104 valence electrons. The van der Waals surface area contributed by atoms with Crippen molar-refractivity contribution >= 4 is 12.3 Å². The molecule has 0 heterocycles. The fourth-order valence-electron chi connectivity index (χ4n) is 1.38. The maximum Gasteiger partial charge on any atom is 0.417 e. The van der Waals surface area contributed by atoms with Crippen LogP contribution in [0.25, 0.3) is 0 Å². The van der Waals surface area contributed by atoms with Gasteiger partial charge in [-0.25, -0.2) is 4.79 Å². The molecule has 0 saturated heterocycles. The van der Waals surface area contributed by atoms with Crippen LogP contribution in [0.1, 0.15) is 31.8 Å². The number of alkyl halides is 6. The number of carboxylic acid groups (broad SMARTS) is 1. The third-order valence-corrected chi connectivity index (χ3v) is 2.14. The van der Waals surface area contributed by atoms with Gasteiger partial charge in [0.15, 0.2) is 6.29 Å². The zero-order chi connectivity index (χ0) is 15.0. The summed E-state index contributed by atoms with van der Waals surface area (Å²) < 4.78 is 74.8. The maximum absolute atomic E-state index is 12.5. The van der Waals surface area contributed by atoms with Crippen molar-refractivity contribution in [3.63, 3.8) is 0 Å². The van der Waals surface area contributed by atoms with E-state index in [1.165, 1.54) is 0 Å². The number of carbonyl (C=O) groups excluding carboxylic acids is 1. The SMILES string of the molecule is O=Cc1cc(C(F)(F)F)cc(C(F)(F)F)c1C(=O)O. The molecular formula is C10H4F6O3. The van der Waals surface area contributed by atoms with Gasteiger partial charge < -0.3 is 5.11 Å². The number of carbonyl (C=O) groups is 2. The van der Waals surface area contributed by atoms with Gasteiger partial charge >= 0.3 is 18.3 Å². The molecule has 0 aliphatic heterocycles. The van der Waals surface area contributed by atoms with E-state index in [9.17, 15) is 35.9 Å². The summed E-state index contributed by atoms with van der Waals surface area (Å²) in [6.45, 7) is 0. The second-order valence-corrected chi connectivity index (χ2v) is 3.41. The van der Waals surface area contributed by atoms with Crippen LogP contribution in [0.5, 0.6) is 0 Å². The number of aromatic carboxylic acids is 1. The van der Waals surface area contributed by atoms with Crippen molar-refractivity contribution in [2.24, 2.45) is 0 Å². The lowest BCUT2D eigenvalue weighted by molar-refractivity contribution is -0.143. The van der Waals surface area contributed by atoms with Gasteiger partial charge in [-0.05, 0) is 12.1 Å². The lowest BCUT2D eigenvalue weighted by Crippen LogP contribution is -2.18. The lowest BCUT2D eigenvalue weighted by Gasteiger charge is -2.15. The number of halogens is 6. The molecule has 1 N–H and O–H groups in total. The Kier molecular flexibility index (Phi) is 3.60. The molecule has 0 radical (unpaired) electrons.